The van der Waals surface area contributed by atoms with Crippen LogP contribution in [0.1, 0.15) is 82.6 Å². The number of hydrogen-bond acceptors (Lipinski definition) is 4. The molecule has 3 amide bonds. The average Bonchev–Trinajstić information content (AvgIpc) is 3.96. The minimum absolute atomic E-state index is 0.0255. The number of alkyl halides is 6. The number of benzene rings is 1. The highest BCUT2D eigenvalue weighted by Gasteiger charge is 2.51. The van der Waals surface area contributed by atoms with Crippen molar-refractivity contribution in [3.8, 4) is 0 Å². The van der Waals surface area contributed by atoms with Crippen molar-refractivity contribution >= 4 is 23.6 Å². The normalized spacial score (nSPS) is 26.4. The Labute approximate surface area is 328 Å². The summed E-state index contributed by atoms with van der Waals surface area (Å²) in [7, 11) is 0. The summed E-state index contributed by atoms with van der Waals surface area (Å²) < 4.78 is 118. The molecule has 3 saturated carbocycles. The van der Waals surface area contributed by atoms with Gasteiger partial charge in [-0.1, -0.05) is 12.2 Å². The molecule has 1 aromatic carbocycles. The second-order valence-corrected chi connectivity index (χ2v) is 15.7. The van der Waals surface area contributed by atoms with E-state index in [4.69, 9.17) is 9.84 Å². The van der Waals surface area contributed by atoms with Gasteiger partial charge in [0.25, 0.3) is 5.91 Å². The molecule has 0 aromatic heterocycles. The van der Waals surface area contributed by atoms with Gasteiger partial charge < -0.3 is 20.5 Å². The second kappa shape index (κ2) is 16.3. The fourth-order valence-corrected chi connectivity index (χ4v) is 8.50. The first kappa shape index (κ1) is 41.1. The molecule has 4 unspecified atom stereocenters. The van der Waals surface area contributed by atoms with E-state index < -0.39 is 77.9 Å². The number of rotatable bonds is 8. The molecule has 16 heteroatoms. The highest BCUT2D eigenvalue weighted by Crippen LogP contribution is 2.51. The molecule has 3 fully saturated rings. The van der Waals surface area contributed by atoms with Gasteiger partial charge in [0.1, 0.15) is 17.2 Å². The van der Waals surface area contributed by atoms with Crippen LogP contribution in [-0.4, -0.2) is 41.3 Å². The predicted octanol–water partition coefficient (Wildman–Crippen LogP) is 9.17. The topological polar surface area (TPSA) is 119 Å². The van der Waals surface area contributed by atoms with Crippen LogP contribution in [0, 0.1) is 29.5 Å². The first-order valence-corrected chi connectivity index (χ1v) is 19.4. The zero-order valence-electron chi connectivity index (χ0n) is 31.1. The molecule has 0 aliphatic heterocycles. The lowest BCUT2D eigenvalue weighted by molar-refractivity contribution is -0.214. The fraction of sp³-hybridized carbons (Fsp3) is 0.476. The van der Waals surface area contributed by atoms with E-state index in [9.17, 15) is 45.1 Å². The summed E-state index contributed by atoms with van der Waals surface area (Å²) in [5.41, 5.74) is 3.83. The largest absolute Gasteiger partial charge is 0.596 e. The number of carbonyl (C=O) groups excluding carboxylic acids is 3. The highest BCUT2D eigenvalue weighted by molar-refractivity contribution is 5.99. The van der Waals surface area contributed by atoms with Gasteiger partial charge >= 0.3 is 18.4 Å². The average molecular weight is 821 g/mol. The molecule has 0 saturated heterocycles. The lowest BCUT2D eigenvalue weighted by Gasteiger charge is -2.50. The van der Waals surface area contributed by atoms with Crippen LogP contribution in [0.15, 0.2) is 93.4 Å². The van der Waals surface area contributed by atoms with Gasteiger partial charge in [-0.2, -0.15) is 26.3 Å². The van der Waals surface area contributed by atoms with E-state index in [0.717, 1.165) is 61.5 Å². The maximum atomic E-state index is 15.4. The molecule has 1 aromatic rings. The third-order valence-corrected chi connectivity index (χ3v) is 11.8. The molecule has 6 aliphatic carbocycles. The van der Waals surface area contributed by atoms with Gasteiger partial charge in [0.15, 0.2) is 0 Å². The van der Waals surface area contributed by atoms with Crippen LogP contribution >= 0.6 is 0 Å². The number of nitrogens with one attached hydrogen (secondary N) is 3. The maximum absolute atomic E-state index is 15.4. The van der Waals surface area contributed by atoms with Gasteiger partial charge in [-0.05, 0) is 135 Å². The Kier molecular flexibility index (Phi) is 11.5. The molecule has 7 rings (SSSR count). The molecular weight excluding hydrogens is 778 g/mol. The smallest absolute Gasteiger partial charge is 0.426 e. The Morgan fingerprint density at radius 1 is 0.931 bits per heavy atom. The number of fused-ring (bicyclic) bond motifs is 1. The van der Waals surface area contributed by atoms with E-state index in [0.29, 0.717) is 37.1 Å². The summed E-state index contributed by atoms with van der Waals surface area (Å²) in [5.74, 6) is -6.75. The molecule has 0 radical (unpaired) electrons. The zero-order valence-corrected chi connectivity index (χ0v) is 31.1. The maximum Gasteiger partial charge on any atom is 0.426 e. The molecule has 6 atom stereocenters. The Bertz CT molecular complexity index is 2100. The number of halogens is 8. The third kappa shape index (κ3) is 9.11. The molecule has 310 valence electrons. The van der Waals surface area contributed by atoms with Gasteiger partial charge in [-0.3, -0.25) is 14.9 Å². The van der Waals surface area contributed by atoms with Crippen molar-refractivity contribution in [2.24, 2.45) is 23.7 Å². The number of hydrogen-bond donors (Lipinski definition) is 3. The first-order chi connectivity index (χ1) is 27.5. The quantitative estimate of drug-likeness (QED) is 0.138. The molecule has 0 spiro atoms. The minimum Gasteiger partial charge on any atom is -0.596 e. The van der Waals surface area contributed by atoms with Crippen molar-refractivity contribution in [3.05, 3.63) is 105 Å². The summed E-state index contributed by atoms with van der Waals surface area (Å²) in [6.07, 6.45) is -3.60. The SMILES string of the molecule is O=C(NC1=CCCCC1)OC(C1C=CC(F)=C(C2=CC(C(=O)N[C@@H]3C4CCC4C(=C=C4CC4)C[C@@H]3C(=O)Nc3ccc(F)c(C(F)(F)F)c3)=C([OH2+])CC2)C1)C(F)(F)F. The summed E-state index contributed by atoms with van der Waals surface area (Å²) in [6, 6.07) is 1.26. The van der Waals surface area contributed by atoms with E-state index in [1.54, 1.807) is 6.08 Å². The van der Waals surface area contributed by atoms with Gasteiger partial charge in [0.05, 0.1) is 17.9 Å². The van der Waals surface area contributed by atoms with Crippen molar-refractivity contribution < 1.29 is 59.4 Å². The summed E-state index contributed by atoms with van der Waals surface area (Å²) in [5, 5.41) is 16.3. The molecule has 58 heavy (non-hydrogen) atoms. The molecule has 6 aliphatic rings. The Morgan fingerprint density at radius 2 is 1.71 bits per heavy atom. The summed E-state index contributed by atoms with van der Waals surface area (Å²) in [6.45, 7) is 0. The van der Waals surface area contributed by atoms with Gasteiger partial charge in [-0.25, -0.2) is 13.6 Å². The van der Waals surface area contributed by atoms with Crippen LogP contribution in [0.4, 0.5) is 45.6 Å². The number of allylic oxidation sites excluding steroid dienone is 8. The monoisotopic (exact) mass is 820 g/mol. The van der Waals surface area contributed by atoms with Crippen LogP contribution in [-0.2, 0) is 20.5 Å². The van der Waals surface area contributed by atoms with E-state index in [-0.39, 0.29) is 59.3 Å². The minimum atomic E-state index is -5.02. The van der Waals surface area contributed by atoms with Crippen molar-refractivity contribution in [2.75, 3.05) is 5.32 Å². The summed E-state index contributed by atoms with van der Waals surface area (Å²) >= 11 is 0. The number of anilines is 1. The molecule has 5 N–H and O–H groups in total. The fourth-order valence-electron chi connectivity index (χ4n) is 8.50. The van der Waals surface area contributed by atoms with Crippen LogP contribution in [0.3, 0.4) is 0 Å². The molecule has 0 bridgehead atoms. The zero-order chi connectivity index (χ0) is 41.5. The Morgan fingerprint density at radius 3 is 2.36 bits per heavy atom. The third-order valence-electron chi connectivity index (χ3n) is 11.8. The number of alkyl carbamates (subject to hydrolysis) is 1. The number of carbonyl (C=O) groups is 3. The molecule has 0 heterocycles. The number of ether oxygens (including phenoxy) is 1. The van der Waals surface area contributed by atoms with Crippen LogP contribution < -0.4 is 16.0 Å². The highest BCUT2D eigenvalue weighted by atomic mass is 19.4. The van der Waals surface area contributed by atoms with Crippen molar-refractivity contribution in [3.63, 3.8) is 0 Å². The summed E-state index contributed by atoms with van der Waals surface area (Å²) in [4.78, 5) is 40.5. The predicted molar refractivity (Wildman–Crippen MR) is 195 cm³/mol. The van der Waals surface area contributed by atoms with Crippen molar-refractivity contribution in [1.29, 1.82) is 0 Å². The number of amides is 3. The van der Waals surface area contributed by atoms with Crippen LogP contribution in [0.2, 0.25) is 0 Å². The Balaban J connectivity index is 1.10. The molecular formula is C42H42F8N3O5+. The van der Waals surface area contributed by atoms with Gasteiger partial charge in [0, 0.05) is 23.3 Å². The lowest BCUT2D eigenvalue weighted by atomic mass is 9.57. The lowest BCUT2D eigenvalue weighted by Crippen LogP contribution is -2.57. The van der Waals surface area contributed by atoms with Crippen LogP contribution in [0.25, 0.3) is 0 Å². The first-order valence-electron chi connectivity index (χ1n) is 19.4. The Hall–Kier alpha value is -5.11. The van der Waals surface area contributed by atoms with Crippen LogP contribution in [0.5, 0.6) is 0 Å². The van der Waals surface area contributed by atoms with Crippen molar-refractivity contribution in [2.45, 2.75) is 102 Å². The van der Waals surface area contributed by atoms with Crippen molar-refractivity contribution in [1.82, 2.24) is 10.6 Å². The second-order valence-electron chi connectivity index (χ2n) is 15.7. The molecule has 8 nitrogen and oxygen atoms in total. The van der Waals surface area contributed by atoms with Gasteiger partial charge in [-0.15, -0.1) is 5.73 Å². The van der Waals surface area contributed by atoms with Gasteiger partial charge in [0.2, 0.25) is 17.8 Å². The van der Waals surface area contributed by atoms with E-state index in [1.165, 1.54) is 6.08 Å². The van der Waals surface area contributed by atoms with E-state index in [1.807, 2.05) is 0 Å². The van der Waals surface area contributed by atoms with E-state index >= 15 is 4.39 Å². The standard InChI is InChI=1S/C42H41F8N3O5/c43-33-13-8-23(37(42(48,49)50)58-40(57)52-25-4-2-1-3-5-25)18-29(33)22-9-15-35(54)30(17-22)38(55)53-36-28-12-11-27(28)24(16-21-6-7-21)19-31(36)39(56)51-26-10-14-34(44)32(20-26)41(45,46)47/h4,8,10,13-14,17,20,23,27-28,31,36-37,54H,1-3,5-7,9,11-12,15,18-19H2,(H,51,56)(H,52,57)(H,53,55)/p+1/t23?,27?,28?,31-,36+,37?/m0/s1. The van der Waals surface area contributed by atoms with E-state index in [2.05, 4.69) is 21.7 Å².